The van der Waals surface area contributed by atoms with Crippen LogP contribution in [0.5, 0.6) is 0 Å². The maximum atomic E-state index is 12.1. The summed E-state index contributed by atoms with van der Waals surface area (Å²) in [7, 11) is 0. The van der Waals surface area contributed by atoms with Crippen molar-refractivity contribution >= 4 is 17.4 Å². The van der Waals surface area contributed by atoms with E-state index in [0.29, 0.717) is 19.1 Å². The minimum atomic E-state index is -0.120. The van der Waals surface area contributed by atoms with Gasteiger partial charge in [-0.1, -0.05) is 30.3 Å². The summed E-state index contributed by atoms with van der Waals surface area (Å²) in [5.41, 5.74) is 1.95. The van der Waals surface area contributed by atoms with E-state index in [-0.39, 0.29) is 12.6 Å². The van der Waals surface area contributed by atoms with Crippen molar-refractivity contribution in [2.45, 2.75) is 25.4 Å². The van der Waals surface area contributed by atoms with Gasteiger partial charge in [0.25, 0.3) is 0 Å². The Labute approximate surface area is 133 Å². The Morgan fingerprint density at radius 3 is 2.82 bits per heavy atom. The summed E-state index contributed by atoms with van der Waals surface area (Å²) in [6, 6.07) is 10.2. The van der Waals surface area contributed by atoms with Gasteiger partial charge in [0, 0.05) is 23.5 Å². The molecule has 3 rings (SSSR count). The lowest BCUT2D eigenvalue weighted by Gasteiger charge is -2.21. The molecule has 1 aliphatic rings. The minimum Gasteiger partial charge on any atom is -0.395 e. The van der Waals surface area contributed by atoms with Crippen molar-refractivity contribution in [1.82, 2.24) is 15.2 Å². The molecule has 0 radical (unpaired) electrons. The number of benzene rings is 1. The molecule has 0 spiro atoms. The number of urea groups is 1. The first-order valence-electron chi connectivity index (χ1n) is 7.43. The molecule has 1 fully saturated rings. The van der Waals surface area contributed by atoms with Crippen molar-refractivity contribution in [2.75, 3.05) is 13.2 Å². The SMILES string of the molecule is O=C(NCc1csc(-c2ccccc2)n1)N(CCO)C1CC1. The standard InChI is InChI=1S/C16H19N3O2S/c20-9-8-19(14-6-7-14)16(21)17-10-13-11-22-15(18-13)12-4-2-1-3-5-12/h1-5,11,14,20H,6-10H2,(H,17,21). The smallest absolute Gasteiger partial charge is 0.318 e. The highest BCUT2D eigenvalue weighted by Crippen LogP contribution is 2.26. The molecule has 5 nitrogen and oxygen atoms in total. The summed E-state index contributed by atoms with van der Waals surface area (Å²) in [6.07, 6.45) is 2.06. The number of nitrogens with one attached hydrogen (secondary N) is 1. The third-order valence-electron chi connectivity index (χ3n) is 3.58. The molecule has 0 unspecified atom stereocenters. The number of aromatic nitrogens is 1. The minimum absolute atomic E-state index is 0.00121. The van der Waals surface area contributed by atoms with Gasteiger partial charge >= 0.3 is 6.03 Å². The zero-order valence-electron chi connectivity index (χ0n) is 12.2. The lowest BCUT2D eigenvalue weighted by Crippen LogP contribution is -2.42. The van der Waals surface area contributed by atoms with Crippen molar-refractivity contribution < 1.29 is 9.90 Å². The Bertz CT molecular complexity index is 625. The summed E-state index contributed by atoms with van der Waals surface area (Å²) >= 11 is 1.58. The second-order valence-corrected chi connectivity index (χ2v) is 6.18. The first-order chi connectivity index (χ1) is 10.8. The molecule has 0 saturated heterocycles. The molecule has 2 amide bonds. The first-order valence-corrected chi connectivity index (χ1v) is 8.31. The molecule has 2 aromatic rings. The van der Waals surface area contributed by atoms with Gasteiger partial charge in [-0.25, -0.2) is 9.78 Å². The second kappa shape index (κ2) is 6.89. The van der Waals surface area contributed by atoms with E-state index in [1.807, 2.05) is 35.7 Å². The summed E-state index contributed by atoms with van der Waals surface area (Å²) in [5.74, 6) is 0. The molecule has 1 aromatic heterocycles. The Hall–Kier alpha value is -1.92. The van der Waals surface area contributed by atoms with Crippen LogP contribution < -0.4 is 5.32 Å². The van der Waals surface area contributed by atoms with Crippen LogP contribution in [0.2, 0.25) is 0 Å². The fraction of sp³-hybridized carbons (Fsp3) is 0.375. The quantitative estimate of drug-likeness (QED) is 0.860. The van der Waals surface area contributed by atoms with E-state index in [0.717, 1.165) is 29.1 Å². The summed E-state index contributed by atoms with van der Waals surface area (Å²) in [4.78, 5) is 18.4. The first kappa shape index (κ1) is 15.0. The summed E-state index contributed by atoms with van der Waals surface area (Å²) < 4.78 is 0. The number of aliphatic hydroxyl groups is 1. The van der Waals surface area contributed by atoms with Crippen LogP contribution in [0.3, 0.4) is 0 Å². The number of thiazole rings is 1. The fourth-order valence-electron chi connectivity index (χ4n) is 2.31. The average molecular weight is 317 g/mol. The molecule has 0 aliphatic heterocycles. The van der Waals surface area contributed by atoms with Crippen molar-refractivity contribution in [3.63, 3.8) is 0 Å². The predicted octanol–water partition coefficient (Wildman–Crippen LogP) is 2.48. The van der Waals surface area contributed by atoms with Crippen LogP contribution in [0.15, 0.2) is 35.7 Å². The van der Waals surface area contributed by atoms with E-state index in [1.165, 1.54) is 0 Å². The number of hydrogen-bond acceptors (Lipinski definition) is 4. The third kappa shape index (κ3) is 3.64. The number of amides is 2. The zero-order valence-corrected chi connectivity index (χ0v) is 13.1. The molecule has 22 heavy (non-hydrogen) atoms. The molecule has 1 heterocycles. The number of carbonyl (C=O) groups excluding carboxylic acids is 1. The highest BCUT2D eigenvalue weighted by Gasteiger charge is 2.31. The molecule has 116 valence electrons. The fourth-order valence-corrected chi connectivity index (χ4v) is 3.14. The molecular formula is C16H19N3O2S. The van der Waals surface area contributed by atoms with Gasteiger partial charge < -0.3 is 15.3 Å². The normalized spacial score (nSPS) is 13.9. The Morgan fingerprint density at radius 1 is 1.36 bits per heavy atom. The van der Waals surface area contributed by atoms with Crippen LogP contribution in [0, 0.1) is 0 Å². The van der Waals surface area contributed by atoms with E-state index in [1.54, 1.807) is 16.2 Å². The third-order valence-corrected chi connectivity index (χ3v) is 4.52. The Kier molecular flexibility index (Phi) is 4.70. The number of hydrogen-bond donors (Lipinski definition) is 2. The number of nitrogens with zero attached hydrogens (tertiary/aromatic N) is 2. The summed E-state index contributed by atoms with van der Waals surface area (Å²) in [6.45, 7) is 0.804. The zero-order chi connectivity index (χ0) is 15.4. The van der Waals surface area contributed by atoms with E-state index in [4.69, 9.17) is 5.11 Å². The summed E-state index contributed by atoms with van der Waals surface area (Å²) in [5, 5.41) is 14.9. The van der Waals surface area contributed by atoms with Gasteiger partial charge in [0.2, 0.25) is 0 Å². The highest BCUT2D eigenvalue weighted by atomic mass is 32.1. The molecule has 0 bridgehead atoms. The van der Waals surface area contributed by atoms with Crippen molar-refractivity contribution in [2.24, 2.45) is 0 Å². The molecule has 1 aliphatic carbocycles. The van der Waals surface area contributed by atoms with Gasteiger partial charge in [0.05, 0.1) is 18.8 Å². The van der Waals surface area contributed by atoms with Crippen LogP contribution in [-0.2, 0) is 6.54 Å². The van der Waals surface area contributed by atoms with E-state index in [9.17, 15) is 4.79 Å². The number of aliphatic hydroxyl groups excluding tert-OH is 1. The van der Waals surface area contributed by atoms with Crippen molar-refractivity contribution in [1.29, 1.82) is 0 Å². The molecule has 2 N–H and O–H groups in total. The Morgan fingerprint density at radius 2 is 2.14 bits per heavy atom. The van der Waals surface area contributed by atoms with Gasteiger partial charge in [-0.2, -0.15) is 0 Å². The van der Waals surface area contributed by atoms with Gasteiger partial charge in [-0.15, -0.1) is 11.3 Å². The van der Waals surface area contributed by atoms with Gasteiger partial charge in [-0.05, 0) is 12.8 Å². The topological polar surface area (TPSA) is 65.5 Å². The van der Waals surface area contributed by atoms with Crippen LogP contribution >= 0.6 is 11.3 Å². The van der Waals surface area contributed by atoms with Crippen LogP contribution in [0.1, 0.15) is 18.5 Å². The second-order valence-electron chi connectivity index (χ2n) is 5.32. The van der Waals surface area contributed by atoms with E-state index in [2.05, 4.69) is 10.3 Å². The lowest BCUT2D eigenvalue weighted by molar-refractivity contribution is 0.173. The molecular weight excluding hydrogens is 298 g/mol. The van der Waals surface area contributed by atoms with E-state index < -0.39 is 0 Å². The van der Waals surface area contributed by atoms with Gasteiger partial charge in [0.1, 0.15) is 5.01 Å². The van der Waals surface area contributed by atoms with Gasteiger partial charge in [-0.3, -0.25) is 0 Å². The highest BCUT2D eigenvalue weighted by molar-refractivity contribution is 7.13. The Balaban J connectivity index is 1.57. The maximum absolute atomic E-state index is 12.1. The molecule has 1 saturated carbocycles. The van der Waals surface area contributed by atoms with E-state index >= 15 is 0 Å². The van der Waals surface area contributed by atoms with Crippen LogP contribution in [0.4, 0.5) is 4.79 Å². The van der Waals surface area contributed by atoms with Gasteiger partial charge in [0.15, 0.2) is 0 Å². The van der Waals surface area contributed by atoms with Crippen molar-refractivity contribution in [3.05, 3.63) is 41.4 Å². The average Bonchev–Trinajstić information content (AvgIpc) is 3.28. The lowest BCUT2D eigenvalue weighted by atomic mass is 10.2. The molecule has 0 atom stereocenters. The van der Waals surface area contributed by atoms with Crippen LogP contribution in [0.25, 0.3) is 10.6 Å². The van der Waals surface area contributed by atoms with Crippen LogP contribution in [-0.4, -0.2) is 40.2 Å². The predicted molar refractivity (Wildman–Crippen MR) is 86.6 cm³/mol. The largest absolute Gasteiger partial charge is 0.395 e. The molecule has 6 heteroatoms. The van der Waals surface area contributed by atoms with Crippen molar-refractivity contribution in [3.8, 4) is 10.6 Å². The number of rotatable bonds is 6. The monoisotopic (exact) mass is 317 g/mol. The molecule has 1 aromatic carbocycles. The number of carbonyl (C=O) groups is 1. The maximum Gasteiger partial charge on any atom is 0.318 e.